The summed E-state index contributed by atoms with van der Waals surface area (Å²) < 4.78 is 0.551. The van der Waals surface area contributed by atoms with Crippen molar-refractivity contribution in [3.8, 4) is 0 Å². The van der Waals surface area contributed by atoms with Crippen molar-refractivity contribution >= 4 is 52.2 Å². The van der Waals surface area contributed by atoms with Gasteiger partial charge in [-0.1, -0.05) is 75.4 Å². The predicted octanol–water partition coefficient (Wildman–Crippen LogP) is 4.34. The maximum absolute atomic E-state index is 12.7. The number of aliphatic carboxylic acids is 1. The first-order valence-electron chi connectivity index (χ1n) is 10.4. The minimum absolute atomic E-state index is 0.0805. The molecular formula is C23H30N2O4S2. The molecule has 8 heteroatoms. The number of rotatable bonds is 9. The molecule has 0 radical (unpaired) electrons. The highest BCUT2D eigenvalue weighted by atomic mass is 32.2. The number of amides is 2. The molecule has 1 atom stereocenters. The highest BCUT2D eigenvalue weighted by Crippen LogP contribution is 2.33. The second-order valence-corrected chi connectivity index (χ2v) is 10.3. The van der Waals surface area contributed by atoms with E-state index in [0.29, 0.717) is 22.2 Å². The van der Waals surface area contributed by atoms with Gasteiger partial charge in [0.2, 0.25) is 5.91 Å². The number of nitrogens with zero attached hydrogens (tertiary/aromatic N) is 1. The molecule has 2 amide bonds. The quantitative estimate of drug-likeness (QED) is 0.323. The lowest BCUT2D eigenvalue weighted by Gasteiger charge is -2.18. The molecule has 1 aliphatic heterocycles. The number of carbonyl (C=O) groups excluding carboxylic acids is 2. The lowest BCUT2D eigenvalue weighted by Crippen LogP contribution is -2.38. The van der Waals surface area contributed by atoms with Gasteiger partial charge in [0, 0.05) is 13.0 Å². The summed E-state index contributed by atoms with van der Waals surface area (Å²) in [4.78, 5) is 37.4. The Kier molecular flexibility index (Phi) is 8.82. The van der Waals surface area contributed by atoms with Crippen LogP contribution in [-0.2, 0) is 19.8 Å². The smallest absolute Gasteiger partial charge is 0.325 e. The van der Waals surface area contributed by atoms with E-state index < -0.39 is 12.0 Å². The molecule has 0 saturated carbocycles. The van der Waals surface area contributed by atoms with Crippen LogP contribution in [-0.4, -0.2) is 44.7 Å². The molecule has 0 aromatic heterocycles. The van der Waals surface area contributed by atoms with Crippen molar-refractivity contribution in [2.75, 3.05) is 6.54 Å². The molecule has 1 aromatic carbocycles. The second kappa shape index (κ2) is 10.9. The molecule has 0 spiro atoms. The summed E-state index contributed by atoms with van der Waals surface area (Å²) in [7, 11) is 0. The molecule has 1 aromatic rings. The van der Waals surface area contributed by atoms with Crippen molar-refractivity contribution < 1.29 is 19.5 Å². The summed E-state index contributed by atoms with van der Waals surface area (Å²) in [6.07, 6.45) is 4.24. The van der Waals surface area contributed by atoms with E-state index in [4.69, 9.17) is 17.3 Å². The van der Waals surface area contributed by atoms with Crippen molar-refractivity contribution in [1.29, 1.82) is 0 Å². The van der Waals surface area contributed by atoms with E-state index in [-0.39, 0.29) is 23.7 Å². The van der Waals surface area contributed by atoms with Gasteiger partial charge in [-0.25, -0.2) is 0 Å². The van der Waals surface area contributed by atoms with E-state index in [1.807, 2.05) is 18.2 Å². The second-order valence-electron chi connectivity index (χ2n) is 8.64. The third-order valence-corrected chi connectivity index (χ3v) is 6.36. The third kappa shape index (κ3) is 7.47. The molecule has 1 unspecified atom stereocenters. The van der Waals surface area contributed by atoms with Gasteiger partial charge in [-0.2, -0.15) is 0 Å². The fourth-order valence-corrected chi connectivity index (χ4v) is 4.34. The standard InChI is InChI=1S/C23H30N2O4S2/c1-15(21(28)29)24-19(26)8-6-5-7-13-25-20(27)18(31-22(25)30)14-16-9-11-17(12-10-16)23(2,3)4/h9-12,14-15H,5-8,13H2,1-4H3,(H,24,26)(H,28,29)/b18-14-. The van der Waals surface area contributed by atoms with E-state index >= 15 is 0 Å². The molecular weight excluding hydrogens is 432 g/mol. The number of nitrogens with one attached hydrogen (secondary N) is 1. The Morgan fingerprint density at radius 3 is 2.42 bits per heavy atom. The fourth-order valence-electron chi connectivity index (χ4n) is 3.03. The number of benzene rings is 1. The van der Waals surface area contributed by atoms with Gasteiger partial charge in [0.05, 0.1) is 4.91 Å². The molecule has 31 heavy (non-hydrogen) atoms. The number of hydrogen-bond donors (Lipinski definition) is 2. The number of carboxylic acid groups (broad SMARTS) is 1. The molecule has 1 heterocycles. The Labute approximate surface area is 193 Å². The largest absolute Gasteiger partial charge is 0.480 e. The summed E-state index contributed by atoms with van der Waals surface area (Å²) >= 11 is 6.69. The Bertz CT molecular complexity index is 873. The molecule has 1 aliphatic rings. The highest BCUT2D eigenvalue weighted by molar-refractivity contribution is 8.26. The maximum atomic E-state index is 12.7. The first kappa shape index (κ1) is 25.1. The van der Waals surface area contributed by atoms with E-state index in [9.17, 15) is 14.4 Å². The van der Waals surface area contributed by atoms with Crippen molar-refractivity contribution in [3.05, 3.63) is 40.3 Å². The van der Waals surface area contributed by atoms with Crippen LogP contribution < -0.4 is 5.32 Å². The van der Waals surface area contributed by atoms with Crippen LogP contribution in [0, 0.1) is 0 Å². The topological polar surface area (TPSA) is 86.7 Å². The molecule has 0 bridgehead atoms. The predicted molar refractivity (Wildman–Crippen MR) is 129 cm³/mol. The Morgan fingerprint density at radius 2 is 1.84 bits per heavy atom. The van der Waals surface area contributed by atoms with Crippen LogP contribution in [0.1, 0.15) is 64.5 Å². The summed E-state index contributed by atoms with van der Waals surface area (Å²) in [6, 6.07) is 7.31. The third-order valence-electron chi connectivity index (χ3n) is 4.98. The van der Waals surface area contributed by atoms with Gasteiger partial charge in [-0.3, -0.25) is 19.3 Å². The van der Waals surface area contributed by atoms with Crippen molar-refractivity contribution in [1.82, 2.24) is 10.2 Å². The molecule has 2 N–H and O–H groups in total. The molecule has 168 valence electrons. The maximum Gasteiger partial charge on any atom is 0.325 e. The Hall–Kier alpha value is -2.19. The lowest BCUT2D eigenvalue weighted by molar-refractivity contribution is -0.141. The molecule has 1 fully saturated rings. The van der Waals surface area contributed by atoms with Crippen molar-refractivity contribution in [2.45, 2.75) is 64.8 Å². The number of carboxylic acids is 1. The van der Waals surface area contributed by atoms with Crippen LogP contribution in [0.5, 0.6) is 0 Å². The van der Waals surface area contributed by atoms with Crippen LogP contribution >= 0.6 is 24.0 Å². The zero-order valence-electron chi connectivity index (χ0n) is 18.4. The van der Waals surface area contributed by atoms with Gasteiger partial charge in [0.15, 0.2) is 0 Å². The first-order valence-corrected chi connectivity index (χ1v) is 11.6. The minimum Gasteiger partial charge on any atom is -0.480 e. The number of carbonyl (C=O) groups is 3. The Morgan fingerprint density at radius 1 is 1.19 bits per heavy atom. The number of unbranched alkanes of at least 4 members (excludes halogenated alkanes) is 2. The van der Waals surface area contributed by atoms with E-state index in [1.165, 1.54) is 24.2 Å². The van der Waals surface area contributed by atoms with E-state index in [0.717, 1.165) is 18.4 Å². The van der Waals surface area contributed by atoms with E-state index in [2.05, 4.69) is 38.2 Å². The first-order chi connectivity index (χ1) is 14.5. The SMILES string of the molecule is CC(NC(=O)CCCCCN1C(=O)/C(=C/c2ccc(C(C)(C)C)cc2)SC1=S)C(=O)O. The summed E-state index contributed by atoms with van der Waals surface area (Å²) in [5, 5.41) is 11.2. The van der Waals surface area contributed by atoms with Gasteiger partial charge >= 0.3 is 5.97 Å². The summed E-state index contributed by atoms with van der Waals surface area (Å²) in [5.74, 6) is -1.41. The van der Waals surface area contributed by atoms with Crippen molar-refractivity contribution in [3.63, 3.8) is 0 Å². The van der Waals surface area contributed by atoms with Crippen LogP contribution in [0.2, 0.25) is 0 Å². The monoisotopic (exact) mass is 462 g/mol. The number of thioether (sulfide) groups is 1. The van der Waals surface area contributed by atoms with Crippen molar-refractivity contribution in [2.24, 2.45) is 0 Å². The molecule has 6 nitrogen and oxygen atoms in total. The van der Waals surface area contributed by atoms with Crippen LogP contribution in [0.25, 0.3) is 6.08 Å². The fraction of sp³-hybridized carbons (Fsp3) is 0.478. The van der Waals surface area contributed by atoms with E-state index in [1.54, 1.807) is 4.90 Å². The van der Waals surface area contributed by atoms with Gasteiger partial charge < -0.3 is 10.4 Å². The lowest BCUT2D eigenvalue weighted by atomic mass is 9.87. The Balaban J connectivity index is 1.82. The normalized spacial score (nSPS) is 16.6. The zero-order valence-corrected chi connectivity index (χ0v) is 20.1. The minimum atomic E-state index is -1.05. The molecule has 0 aliphatic carbocycles. The van der Waals surface area contributed by atoms with Gasteiger partial charge in [0.25, 0.3) is 5.91 Å². The summed E-state index contributed by atoms with van der Waals surface area (Å²) in [5.41, 5.74) is 2.29. The van der Waals surface area contributed by atoms with Crippen LogP contribution in [0.15, 0.2) is 29.2 Å². The molecule has 1 saturated heterocycles. The van der Waals surface area contributed by atoms with Crippen LogP contribution in [0.4, 0.5) is 0 Å². The highest BCUT2D eigenvalue weighted by Gasteiger charge is 2.31. The van der Waals surface area contributed by atoms with Crippen LogP contribution in [0.3, 0.4) is 0 Å². The van der Waals surface area contributed by atoms with Gasteiger partial charge in [0.1, 0.15) is 10.4 Å². The van der Waals surface area contributed by atoms with Gasteiger partial charge in [-0.15, -0.1) is 0 Å². The number of hydrogen-bond acceptors (Lipinski definition) is 5. The number of thiocarbonyl (C=S) groups is 1. The molecule has 2 rings (SSSR count). The average molecular weight is 463 g/mol. The average Bonchev–Trinajstić information content (AvgIpc) is 2.94. The summed E-state index contributed by atoms with van der Waals surface area (Å²) in [6.45, 7) is 8.43. The van der Waals surface area contributed by atoms with Gasteiger partial charge in [-0.05, 0) is 42.4 Å². The zero-order chi connectivity index (χ0) is 23.2.